The van der Waals surface area contributed by atoms with Gasteiger partial charge in [0.15, 0.2) is 17.5 Å². The summed E-state index contributed by atoms with van der Waals surface area (Å²) in [4.78, 5) is 4.36. The van der Waals surface area contributed by atoms with Gasteiger partial charge >= 0.3 is 0 Å². The third kappa shape index (κ3) is 9.65. The molecule has 0 spiro atoms. The summed E-state index contributed by atoms with van der Waals surface area (Å²) in [5.74, 6) is 3.04. The predicted molar refractivity (Wildman–Crippen MR) is 130 cm³/mol. The van der Waals surface area contributed by atoms with E-state index in [1.54, 1.807) is 7.05 Å². The monoisotopic (exact) mass is 449 g/mol. The molecular weight excluding hydrogens is 406 g/mol. The zero-order valence-corrected chi connectivity index (χ0v) is 20.5. The van der Waals surface area contributed by atoms with Gasteiger partial charge in [0.25, 0.3) is 0 Å². The molecule has 1 heterocycles. The minimum atomic E-state index is 0.0789. The molecule has 0 saturated carbocycles. The number of hydrogen-bond acceptors (Lipinski definition) is 5. The van der Waals surface area contributed by atoms with Gasteiger partial charge in [0.2, 0.25) is 0 Å². The summed E-state index contributed by atoms with van der Waals surface area (Å²) in [5, 5.41) is 6.84. The molecule has 1 fully saturated rings. The second-order valence-electron chi connectivity index (χ2n) is 8.25. The van der Waals surface area contributed by atoms with Gasteiger partial charge in [0.05, 0.1) is 19.3 Å². The first kappa shape index (κ1) is 26.3. The highest BCUT2D eigenvalue weighted by Crippen LogP contribution is 2.31. The molecule has 1 unspecified atom stereocenters. The van der Waals surface area contributed by atoms with Gasteiger partial charge in [0, 0.05) is 40.0 Å². The molecule has 1 aliphatic rings. The number of hydrogen-bond donors (Lipinski definition) is 2. The van der Waals surface area contributed by atoms with Crippen molar-refractivity contribution in [1.29, 1.82) is 0 Å². The topological polar surface area (TPSA) is 73.3 Å². The van der Waals surface area contributed by atoms with Gasteiger partial charge in [-0.05, 0) is 62.6 Å². The van der Waals surface area contributed by atoms with Crippen LogP contribution in [-0.2, 0) is 9.47 Å². The molecule has 0 bridgehead atoms. The molecule has 32 heavy (non-hydrogen) atoms. The first-order chi connectivity index (χ1) is 15.7. The quantitative estimate of drug-likeness (QED) is 0.250. The highest BCUT2D eigenvalue weighted by molar-refractivity contribution is 5.80. The van der Waals surface area contributed by atoms with Gasteiger partial charge in [-0.25, -0.2) is 0 Å². The molecule has 0 aliphatic carbocycles. The first-order valence-electron chi connectivity index (χ1n) is 12.2. The molecule has 0 aromatic heterocycles. The van der Waals surface area contributed by atoms with Crippen molar-refractivity contribution in [3.05, 3.63) is 23.8 Å². The maximum atomic E-state index is 5.93. The second-order valence-corrected chi connectivity index (χ2v) is 8.25. The van der Waals surface area contributed by atoms with Crippen LogP contribution >= 0.6 is 0 Å². The first-order valence-corrected chi connectivity index (χ1v) is 12.2. The van der Waals surface area contributed by atoms with Crippen molar-refractivity contribution in [3.8, 4) is 11.5 Å². The molecule has 7 nitrogen and oxygen atoms in total. The Morgan fingerprint density at radius 3 is 2.50 bits per heavy atom. The van der Waals surface area contributed by atoms with Gasteiger partial charge in [-0.15, -0.1) is 0 Å². The molecule has 1 aliphatic heterocycles. The number of aliphatic imine (C=N–C) groups is 1. The van der Waals surface area contributed by atoms with Crippen molar-refractivity contribution in [3.63, 3.8) is 0 Å². The van der Waals surface area contributed by atoms with Crippen LogP contribution in [0.1, 0.15) is 64.5 Å². The van der Waals surface area contributed by atoms with Crippen LogP contribution in [0.3, 0.4) is 0 Å². The Hall–Kier alpha value is -1.99. The molecule has 1 aromatic rings. The van der Waals surface area contributed by atoms with Crippen LogP contribution in [0.25, 0.3) is 0 Å². The molecule has 1 atom stereocenters. The van der Waals surface area contributed by atoms with Gasteiger partial charge in [-0.3, -0.25) is 4.99 Å². The zero-order valence-electron chi connectivity index (χ0n) is 20.5. The number of ether oxygens (including phenoxy) is 4. The van der Waals surface area contributed by atoms with Crippen LogP contribution < -0.4 is 20.1 Å². The van der Waals surface area contributed by atoms with Gasteiger partial charge < -0.3 is 29.6 Å². The van der Waals surface area contributed by atoms with E-state index < -0.39 is 0 Å². The molecule has 1 aromatic carbocycles. The number of rotatable bonds is 14. The van der Waals surface area contributed by atoms with Crippen LogP contribution in [0.15, 0.2) is 23.2 Å². The van der Waals surface area contributed by atoms with Crippen molar-refractivity contribution in [1.82, 2.24) is 10.6 Å². The number of nitrogens with one attached hydrogen (secondary N) is 2. The Labute approximate surface area is 194 Å². The SMILES string of the molecule is CCCOc1ccc(C(C)NC(=NC)NCCCOCC2CCOCC2)cc1OCCC. The summed E-state index contributed by atoms with van der Waals surface area (Å²) in [7, 11) is 1.79. The van der Waals surface area contributed by atoms with E-state index in [2.05, 4.69) is 48.5 Å². The Bertz CT molecular complexity index is 663. The smallest absolute Gasteiger partial charge is 0.191 e. The number of nitrogens with zero attached hydrogens (tertiary/aromatic N) is 1. The molecule has 0 radical (unpaired) electrons. The lowest BCUT2D eigenvalue weighted by atomic mass is 10.0. The van der Waals surface area contributed by atoms with Crippen LogP contribution in [0.5, 0.6) is 11.5 Å². The molecule has 1 saturated heterocycles. The minimum Gasteiger partial charge on any atom is -0.490 e. The van der Waals surface area contributed by atoms with E-state index in [1.807, 2.05) is 6.07 Å². The highest BCUT2D eigenvalue weighted by atomic mass is 16.5. The summed E-state index contributed by atoms with van der Waals surface area (Å²) >= 11 is 0. The Balaban J connectivity index is 1.76. The lowest BCUT2D eigenvalue weighted by Gasteiger charge is -2.22. The van der Waals surface area contributed by atoms with Crippen molar-refractivity contribution < 1.29 is 18.9 Å². The van der Waals surface area contributed by atoms with E-state index in [-0.39, 0.29) is 6.04 Å². The van der Waals surface area contributed by atoms with Crippen molar-refractivity contribution in [2.75, 3.05) is 53.2 Å². The van der Waals surface area contributed by atoms with Gasteiger partial charge in [-0.2, -0.15) is 0 Å². The van der Waals surface area contributed by atoms with Crippen LogP contribution in [0.2, 0.25) is 0 Å². The Morgan fingerprint density at radius 1 is 1.09 bits per heavy atom. The van der Waals surface area contributed by atoms with Crippen LogP contribution in [-0.4, -0.2) is 59.2 Å². The van der Waals surface area contributed by atoms with Crippen LogP contribution in [0.4, 0.5) is 0 Å². The van der Waals surface area contributed by atoms with Gasteiger partial charge in [-0.1, -0.05) is 19.9 Å². The average Bonchev–Trinajstić information content (AvgIpc) is 2.83. The van der Waals surface area contributed by atoms with Crippen molar-refractivity contribution in [2.45, 2.75) is 58.9 Å². The fraction of sp³-hybridized carbons (Fsp3) is 0.720. The average molecular weight is 450 g/mol. The lowest BCUT2D eigenvalue weighted by molar-refractivity contribution is 0.0203. The minimum absolute atomic E-state index is 0.0789. The summed E-state index contributed by atoms with van der Waals surface area (Å²) in [5.41, 5.74) is 1.13. The Kier molecular flexibility index (Phi) is 12.9. The molecule has 7 heteroatoms. The molecular formula is C25H43N3O4. The van der Waals surface area contributed by atoms with E-state index >= 15 is 0 Å². The maximum Gasteiger partial charge on any atom is 0.191 e. The van der Waals surface area contributed by atoms with E-state index in [0.29, 0.717) is 19.1 Å². The Morgan fingerprint density at radius 2 is 1.81 bits per heavy atom. The van der Waals surface area contributed by atoms with E-state index in [4.69, 9.17) is 18.9 Å². The van der Waals surface area contributed by atoms with E-state index in [9.17, 15) is 0 Å². The largest absolute Gasteiger partial charge is 0.490 e. The predicted octanol–water partition coefficient (Wildman–Crippen LogP) is 4.32. The summed E-state index contributed by atoms with van der Waals surface area (Å²) in [6.45, 7) is 11.8. The number of guanidine groups is 1. The second kappa shape index (κ2) is 15.8. The number of benzene rings is 1. The third-order valence-corrected chi connectivity index (χ3v) is 5.42. The summed E-state index contributed by atoms with van der Waals surface area (Å²) in [6, 6.07) is 6.23. The molecule has 2 N–H and O–H groups in total. The summed E-state index contributed by atoms with van der Waals surface area (Å²) < 4.78 is 23.0. The fourth-order valence-electron chi connectivity index (χ4n) is 3.48. The van der Waals surface area contributed by atoms with Gasteiger partial charge in [0.1, 0.15) is 0 Å². The lowest BCUT2D eigenvalue weighted by Crippen LogP contribution is -2.39. The molecule has 0 amide bonds. The normalized spacial score (nSPS) is 15.9. The van der Waals surface area contributed by atoms with Crippen LogP contribution in [0, 0.1) is 5.92 Å². The van der Waals surface area contributed by atoms with E-state index in [0.717, 1.165) is 88.1 Å². The summed E-state index contributed by atoms with van der Waals surface area (Å²) in [6.07, 6.45) is 5.10. The van der Waals surface area contributed by atoms with Crippen molar-refractivity contribution in [2.24, 2.45) is 10.9 Å². The molecule has 2 rings (SSSR count). The fourth-order valence-corrected chi connectivity index (χ4v) is 3.48. The van der Waals surface area contributed by atoms with E-state index in [1.165, 1.54) is 0 Å². The third-order valence-electron chi connectivity index (χ3n) is 5.42. The molecule has 182 valence electrons. The maximum absolute atomic E-state index is 5.93. The van der Waals surface area contributed by atoms with Crippen molar-refractivity contribution >= 4 is 5.96 Å². The zero-order chi connectivity index (χ0) is 23.0. The highest BCUT2D eigenvalue weighted by Gasteiger charge is 2.14. The standard InChI is InChI=1S/C25H43N3O4/c1-5-13-31-23-9-8-22(18-24(23)32-14-6-2)20(3)28-25(26-4)27-12-7-15-30-19-21-10-16-29-17-11-21/h8-9,18,20-21H,5-7,10-17,19H2,1-4H3,(H2,26,27,28).